The molecule has 4 amide bonds. The second kappa shape index (κ2) is 54.1. The van der Waals surface area contributed by atoms with E-state index < -0.39 is 125 Å². The molecule has 19 N–H and O–H groups in total. The Labute approximate surface area is 788 Å². The Bertz CT molecular complexity index is 4910. The first-order chi connectivity index (χ1) is 63.3. The van der Waals surface area contributed by atoms with Gasteiger partial charge in [0.15, 0.2) is 17.3 Å². The number of nitrogen functional groups attached to an aromatic ring is 1. The first-order valence-corrected chi connectivity index (χ1v) is 44.8. The number of halogens is 1. The summed E-state index contributed by atoms with van der Waals surface area (Å²) < 4.78 is 27.3. The Morgan fingerprint density at radius 3 is 1.33 bits per heavy atom. The van der Waals surface area contributed by atoms with Crippen molar-refractivity contribution in [3.8, 4) is 0 Å². The van der Waals surface area contributed by atoms with Gasteiger partial charge in [0.1, 0.15) is 40.6 Å². The Kier molecular flexibility index (Phi) is 45.3. The van der Waals surface area contributed by atoms with E-state index in [1.807, 2.05) is 69.3 Å². The minimum atomic E-state index is -1.30. The molecule has 43 heteroatoms. The lowest BCUT2D eigenvalue weighted by atomic mass is 9.86. The fourth-order valence-electron chi connectivity index (χ4n) is 14.5. The molecule has 135 heavy (non-hydrogen) atoms. The van der Waals surface area contributed by atoms with Gasteiger partial charge in [0, 0.05) is 93.1 Å². The van der Waals surface area contributed by atoms with Crippen LogP contribution in [-0.4, -0.2) is 232 Å². The van der Waals surface area contributed by atoms with Gasteiger partial charge in [0.05, 0.1) is 57.3 Å². The molecule has 0 aromatic heterocycles. The third kappa shape index (κ3) is 40.3. The first-order valence-electron chi connectivity index (χ1n) is 44.8. The van der Waals surface area contributed by atoms with Gasteiger partial charge in [-0.25, -0.2) is 28.8 Å². The van der Waals surface area contributed by atoms with Crippen molar-refractivity contribution in [2.75, 3.05) is 82.2 Å². The highest BCUT2D eigenvalue weighted by atomic mass is 19.1. The third-order valence-electron chi connectivity index (χ3n) is 20.9. The highest BCUT2D eigenvalue weighted by molar-refractivity contribution is 6.47. The number of nitrogens with two attached hydrogens (primary N) is 2. The highest BCUT2D eigenvalue weighted by Crippen LogP contribution is 2.39. The summed E-state index contributed by atoms with van der Waals surface area (Å²) >= 11 is 0. The molecule has 39 nitrogen and oxygen atoms in total. The number of carboxylic acids is 3. The van der Waals surface area contributed by atoms with E-state index >= 15 is 0 Å². The highest BCUT2D eigenvalue weighted by Gasteiger charge is 2.41. The Morgan fingerprint density at radius 2 is 0.874 bits per heavy atom. The molecule has 11 rings (SSSR count). The fraction of sp³-hybridized carbons (Fsp3) is 0.500. The minimum absolute atomic E-state index is 0.0111. The number of benzene rings is 6. The second-order valence-corrected chi connectivity index (χ2v) is 36.8. The van der Waals surface area contributed by atoms with E-state index in [9.17, 15) is 87.6 Å². The number of hydrogen-bond acceptors (Lipinski definition) is 30. The number of amides is 4. The zero-order valence-corrected chi connectivity index (χ0v) is 79.5. The second-order valence-electron chi connectivity index (χ2n) is 36.8. The average molecular weight is 1880 g/mol. The maximum atomic E-state index is 13.5. The largest absolute Gasteiger partial charge is 0.480 e. The van der Waals surface area contributed by atoms with Crippen LogP contribution in [0.1, 0.15) is 158 Å². The summed E-state index contributed by atoms with van der Waals surface area (Å²) in [4.78, 5) is 144. The van der Waals surface area contributed by atoms with Gasteiger partial charge in [-0.05, 0) is 168 Å². The number of nitro groups is 2. The number of carbonyl (C=O) groups is 10. The Hall–Kier alpha value is -12.5. The predicted octanol–water partition coefficient (Wildman–Crippen LogP) is 10.5. The van der Waals surface area contributed by atoms with Crippen molar-refractivity contribution in [3.63, 3.8) is 0 Å². The van der Waals surface area contributed by atoms with Crippen LogP contribution in [-0.2, 0) is 60.6 Å². The first kappa shape index (κ1) is 113. The maximum Gasteiger partial charge on any atom is 0.408 e. The van der Waals surface area contributed by atoms with Crippen LogP contribution in [0.15, 0.2) is 146 Å². The zero-order chi connectivity index (χ0) is 101. The summed E-state index contributed by atoms with van der Waals surface area (Å²) in [7, 11) is -2.14. The van der Waals surface area contributed by atoms with Crippen molar-refractivity contribution in [1.29, 1.82) is 0 Å². The molecule has 6 atom stereocenters. The summed E-state index contributed by atoms with van der Waals surface area (Å²) in [6.07, 6.45) is 10.5. The molecule has 0 bridgehead atoms. The number of anilines is 7. The molecule has 0 radical (unpaired) electrons. The van der Waals surface area contributed by atoms with E-state index in [1.165, 1.54) is 87.4 Å². The van der Waals surface area contributed by atoms with E-state index in [1.54, 1.807) is 118 Å². The van der Waals surface area contributed by atoms with Crippen LogP contribution in [0.4, 0.5) is 70.0 Å². The van der Waals surface area contributed by atoms with E-state index in [0.717, 1.165) is 53.2 Å². The smallest absolute Gasteiger partial charge is 0.408 e. The van der Waals surface area contributed by atoms with Gasteiger partial charge in [-0.15, -0.1) is 0 Å². The number of carbonyl (C=O) groups excluding carboxylic acids is 7. The summed E-state index contributed by atoms with van der Waals surface area (Å²) in [6.45, 7) is 26.9. The quantitative estimate of drug-likeness (QED) is 0.00832. The van der Waals surface area contributed by atoms with Crippen molar-refractivity contribution in [3.05, 3.63) is 183 Å². The number of aliphatic carboxylic acids is 3. The standard InChI is InChI=1S/C22H34BN3O3.C17H25BN2O2.C14H19N3O6.C14H21N3O4.C11H15BN2O2.C8H16N2O4.C6H4FNO2/c1-22(2,3)20(27)15-26-19-13-9-8-12-18(19)25(16-10-6-5-7-11-16)14-17(21(26)28)24-23(4)29;1-18(22)19-15-12-20(14-8-3-2-4-9-14)16-10-6-5-7-13(16)11-17(15)21;1-14(2,3)23-13(20)16-10(12(18)19)8-15-9-6-4-5-7-11(9)17(21)22;1-14(2,3)21-13(20)17-11(12(18)19)8-16-10-7-5-4-6-9(10)15;1-12(16)14-10-7-13-9-5-3-2-4-8(9)6-11(10)15;1-8(2,3)14-7(13)10-5(4-9)6(11)12;7-5-3-1-2-4-6(5)8(9)10/h8-9,12-13,16-17,24,29H,5-7,10-11,14-15H2,1-4H3;5-7,10,14-15,19,22H,2-4,8-9,11-12H2,1H3;4-7,10,15H,8H2,1-3H3,(H,16,20)(H,18,19);4-7,11,16H,8,15H2,1-3H3,(H,17,20)(H,18,19);2-5,10,13-14,16H,6-7H2,1H3;5H,4,9H2,1-3H3,(H,10,13)(H,11,12);1-4H/t17-;15-;10-;11-;10-;5-;/m110010./s1. The molecule has 0 spiro atoms. The Balaban J connectivity index is 0.000000284. The van der Waals surface area contributed by atoms with E-state index in [0.29, 0.717) is 55.9 Å². The zero-order valence-electron chi connectivity index (χ0n) is 79.5. The van der Waals surface area contributed by atoms with Crippen molar-refractivity contribution in [2.24, 2.45) is 11.1 Å². The number of para-hydroxylation sites is 9. The topological polar surface area (TPSA) is 576 Å². The normalized spacial score (nSPS) is 16.6. The number of Topliss-reactive ketones (excluding diaryl/α,β-unsaturated/α-hetero) is 3. The number of ether oxygens (including phenoxy) is 3. The van der Waals surface area contributed by atoms with Crippen molar-refractivity contribution in [1.82, 2.24) is 31.6 Å². The number of carboxylic acid groups (broad SMARTS) is 3. The van der Waals surface area contributed by atoms with Crippen LogP contribution in [0.25, 0.3) is 0 Å². The summed E-state index contributed by atoms with van der Waals surface area (Å²) in [5.41, 5.74) is 15.0. The molecule has 6 aromatic carbocycles. The van der Waals surface area contributed by atoms with Gasteiger partial charge in [-0.3, -0.25) is 39.4 Å². The lowest BCUT2D eigenvalue weighted by Gasteiger charge is -2.37. The molecular formula is C92H134B3FN16O23. The van der Waals surface area contributed by atoms with Crippen LogP contribution < -0.4 is 73.8 Å². The van der Waals surface area contributed by atoms with Crippen LogP contribution in [0.5, 0.6) is 0 Å². The van der Waals surface area contributed by atoms with E-state index in [-0.39, 0.29) is 72.9 Å². The molecule has 0 unspecified atom stereocenters. The van der Waals surface area contributed by atoms with Crippen LogP contribution in [0, 0.1) is 31.5 Å². The molecule has 2 aliphatic carbocycles. The van der Waals surface area contributed by atoms with Crippen molar-refractivity contribution >= 4 is 132 Å². The lowest BCUT2D eigenvalue weighted by Crippen LogP contribution is -2.56. The number of rotatable bonds is 25. The van der Waals surface area contributed by atoms with Crippen LogP contribution >= 0.6 is 0 Å². The van der Waals surface area contributed by atoms with E-state index in [4.69, 9.17) is 41.0 Å². The van der Waals surface area contributed by atoms with Crippen LogP contribution in [0.2, 0.25) is 20.5 Å². The summed E-state index contributed by atoms with van der Waals surface area (Å²) in [5, 5.41) is 101. The number of hydrogen-bond donors (Lipinski definition) is 17. The van der Waals surface area contributed by atoms with Gasteiger partial charge >= 0.3 is 63.0 Å². The molecule has 6 aromatic rings. The van der Waals surface area contributed by atoms with Gasteiger partial charge < -0.3 is 118 Å². The predicted molar refractivity (Wildman–Crippen MR) is 518 cm³/mol. The van der Waals surface area contributed by atoms with Gasteiger partial charge in [0.25, 0.3) is 5.69 Å². The van der Waals surface area contributed by atoms with Crippen LogP contribution in [0.3, 0.4) is 0 Å². The van der Waals surface area contributed by atoms with E-state index in [2.05, 4.69) is 81.6 Å². The fourth-order valence-corrected chi connectivity index (χ4v) is 14.5. The molecule has 736 valence electrons. The molecular weight excluding hydrogens is 1750 g/mol. The number of ketones is 3. The monoisotopic (exact) mass is 1880 g/mol. The molecule has 0 saturated heterocycles. The molecule has 3 aliphatic heterocycles. The number of alkyl carbamates (subject to hydrolysis) is 3. The number of fused-ring (bicyclic) bond motifs is 3. The maximum absolute atomic E-state index is 13.5. The SMILES string of the molecule is CB(O)N[C@@H]1CN(C2CCCCC2)c2ccccc2CC1=O.CB(O)N[C@@H]1CN(C2CCCCC2)c2ccccc2N(CC(=O)C(C)(C)C)C1=O.CB(O)N[C@@H]1CNc2ccccc2CC1=O.CC(C)(C)OC(=O)N[C@@H](CN)C(=O)O.CC(C)(C)OC(=O)N[C@@H](CNc1ccccc1N)C(=O)O.CC(C)(C)OC(=O)N[C@@H](CNc1ccccc1[N+](=O)[O-])C(=O)O.O=[N+]([O-])c1ccccc1F. The van der Waals surface area contributed by atoms with Crippen molar-refractivity contribution in [2.45, 2.75) is 246 Å². The molecule has 3 heterocycles. The minimum Gasteiger partial charge on any atom is -0.480 e. The van der Waals surface area contributed by atoms with Gasteiger partial charge in [-0.2, -0.15) is 4.39 Å². The van der Waals surface area contributed by atoms with Crippen molar-refractivity contribution < 1.29 is 107 Å². The summed E-state index contributed by atoms with van der Waals surface area (Å²) in [5.74, 6) is -4.29. The summed E-state index contributed by atoms with van der Waals surface area (Å²) in [6, 6.07) is 37.9. The lowest BCUT2D eigenvalue weighted by molar-refractivity contribution is -0.387. The molecule has 5 aliphatic rings. The average Bonchev–Trinajstić information content (AvgIpc) is 1.64. The number of nitrogens with one attached hydrogen (secondary N) is 9. The van der Waals surface area contributed by atoms with Gasteiger partial charge in [-0.1, -0.05) is 144 Å². The Morgan fingerprint density at radius 1 is 0.496 bits per heavy atom. The number of nitrogens with zero attached hydrogens (tertiary/aromatic N) is 5. The third-order valence-corrected chi connectivity index (χ3v) is 20.9. The van der Waals surface area contributed by atoms with Gasteiger partial charge in [0.2, 0.25) is 11.7 Å². The molecule has 2 fully saturated rings. The molecule has 2 saturated carbocycles. The number of nitro benzene ring substituents is 2.